The van der Waals surface area contributed by atoms with Crippen molar-refractivity contribution >= 4 is 17.6 Å². The Morgan fingerprint density at radius 3 is 2.39 bits per heavy atom. The predicted molar refractivity (Wildman–Crippen MR) is 128 cm³/mol. The Morgan fingerprint density at radius 2 is 1.76 bits per heavy atom. The van der Waals surface area contributed by atoms with Crippen LogP contribution < -0.4 is 5.56 Å². The fraction of sp³-hybridized carbons (Fsp3) is 0.208. The van der Waals surface area contributed by atoms with E-state index >= 15 is 0 Å². The SMILES string of the molecule is Cc1ccc(-n2[nH]c(C)c(C=Nc3c(C)nn(-c4ccc([N+](=O)[O-])cc4)c3C)c2=O)c(C)c1. The molecule has 0 unspecified atom stereocenters. The number of aromatic nitrogens is 4. The topological polar surface area (TPSA) is 111 Å². The van der Waals surface area contributed by atoms with Crippen LogP contribution in [0.3, 0.4) is 0 Å². The molecule has 2 aromatic heterocycles. The van der Waals surface area contributed by atoms with Crippen molar-refractivity contribution in [3.63, 3.8) is 0 Å². The van der Waals surface area contributed by atoms with Crippen LogP contribution in [0.4, 0.5) is 11.4 Å². The molecule has 1 N–H and O–H groups in total. The number of nitrogens with one attached hydrogen (secondary N) is 1. The second kappa shape index (κ2) is 8.34. The molecule has 0 aliphatic carbocycles. The van der Waals surface area contributed by atoms with Gasteiger partial charge in [0.25, 0.3) is 11.2 Å². The van der Waals surface area contributed by atoms with Gasteiger partial charge in [-0.25, -0.2) is 9.36 Å². The Hall–Kier alpha value is -4.27. The molecule has 2 aromatic carbocycles. The van der Waals surface area contributed by atoms with E-state index in [0.717, 1.165) is 22.5 Å². The van der Waals surface area contributed by atoms with Crippen molar-refractivity contribution in [2.75, 3.05) is 0 Å². The number of hydrogen-bond acceptors (Lipinski definition) is 5. The molecule has 2 heterocycles. The van der Waals surface area contributed by atoms with Gasteiger partial charge in [0.1, 0.15) is 5.69 Å². The molecule has 0 saturated heterocycles. The number of aryl methyl sites for hydroxylation is 4. The molecule has 0 radical (unpaired) electrons. The van der Waals surface area contributed by atoms with Crippen molar-refractivity contribution in [3.05, 3.63) is 96.7 Å². The molecule has 0 aliphatic rings. The first-order valence-corrected chi connectivity index (χ1v) is 10.4. The minimum absolute atomic E-state index is 0.0153. The first-order chi connectivity index (χ1) is 15.7. The number of nitrogens with zero attached hydrogens (tertiary/aromatic N) is 5. The standard InChI is InChI=1S/C24H24N6O3/c1-14-6-11-22(15(2)12-14)29-24(31)21(16(3)26-29)13-25-23-17(4)27-28(18(23)5)19-7-9-20(10-8-19)30(32)33/h6-13,26H,1-5H3. The van der Waals surface area contributed by atoms with Crippen LogP contribution in [0.1, 0.15) is 33.8 Å². The van der Waals surface area contributed by atoms with Gasteiger partial charge in [0.05, 0.1) is 33.2 Å². The zero-order valence-electron chi connectivity index (χ0n) is 19.1. The van der Waals surface area contributed by atoms with Crippen LogP contribution in [0.2, 0.25) is 0 Å². The average Bonchev–Trinajstić information content (AvgIpc) is 3.21. The first kappa shape index (κ1) is 21.9. The van der Waals surface area contributed by atoms with Gasteiger partial charge in [-0.3, -0.25) is 25.0 Å². The zero-order chi connectivity index (χ0) is 23.9. The lowest BCUT2D eigenvalue weighted by Gasteiger charge is -2.06. The molecule has 33 heavy (non-hydrogen) atoms. The molecule has 0 spiro atoms. The number of nitro benzene ring substituents is 1. The summed E-state index contributed by atoms with van der Waals surface area (Å²) in [6, 6.07) is 12.1. The molecule has 168 valence electrons. The van der Waals surface area contributed by atoms with Crippen LogP contribution in [-0.4, -0.2) is 30.7 Å². The highest BCUT2D eigenvalue weighted by molar-refractivity contribution is 5.83. The molecule has 9 nitrogen and oxygen atoms in total. The highest BCUT2D eigenvalue weighted by Gasteiger charge is 2.16. The Balaban J connectivity index is 1.70. The lowest BCUT2D eigenvalue weighted by Crippen LogP contribution is -2.18. The third kappa shape index (κ3) is 4.00. The van der Waals surface area contributed by atoms with Gasteiger partial charge in [0.15, 0.2) is 0 Å². The Labute approximate surface area is 190 Å². The minimum Gasteiger partial charge on any atom is -0.295 e. The fourth-order valence-electron chi connectivity index (χ4n) is 3.85. The normalized spacial score (nSPS) is 11.4. The molecular weight excluding hydrogens is 420 g/mol. The van der Waals surface area contributed by atoms with Crippen molar-refractivity contribution in [1.82, 2.24) is 19.6 Å². The van der Waals surface area contributed by atoms with Gasteiger partial charge in [-0.2, -0.15) is 5.10 Å². The molecular formula is C24H24N6O3. The highest BCUT2D eigenvalue weighted by Crippen LogP contribution is 2.26. The second-order valence-electron chi connectivity index (χ2n) is 8.04. The van der Waals surface area contributed by atoms with E-state index < -0.39 is 4.92 Å². The van der Waals surface area contributed by atoms with Gasteiger partial charge in [-0.05, 0) is 58.4 Å². The van der Waals surface area contributed by atoms with Crippen LogP contribution in [0.15, 0.2) is 52.3 Å². The number of aromatic amines is 1. The number of benzene rings is 2. The van der Waals surface area contributed by atoms with Crippen molar-refractivity contribution in [3.8, 4) is 11.4 Å². The minimum atomic E-state index is -0.440. The van der Waals surface area contributed by atoms with Crippen LogP contribution in [0.25, 0.3) is 11.4 Å². The van der Waals surface area contributed by atoms with Crippen LogP contribution in [-0.2, 0) is 0 Å². The van der Waals surface area contributed by atoms with Gasteiger partial charge in [0, 0.05) is 24.0 Å². The molecule has 9 heteroatoms. The summed E-state index contributed by atoms with van der Waals surface area (Å²) < 4.78 is 3.22. The summed E-state index contributed by atoms with van der Waals surface area (Å²) in [6.07, 6.45) is 1.56. The van der Waals surface area contributed by atoms with Crippen LogP contribution in [0.5, 0.6) is 0 Å². The quantitative estimate of drug-likeness (QED) is 0.276. The maximum absolute atomic E-state index is 13.1. The number of aliphatic imine (C=N–C) groups is 1. The summed E-state index contributed by atoms with van der Waals surface area (Å²) in [6.45, 7) is 9.52. The zero-order valence-corrected chi connectivity index (χ0v) is 19.1. The predicted octanol–water partition coefficient (Wildman–Crippen LogP) is 4.55. The van der Waals surface area contributed by atoms with E-state index in [1.54, 1.807) is 23.0 Å². The highest BCUT2D eigenvalue weighted by atomic mass is 16.6. The third-order valence-electron chi connectivity index (χ3n) is 5.59. The van der Waals surface area contributed by atoms with E-state index in [1.807, 2.05) is 52.8 Å². The molecule has 0 amide bonds. The number of non-ortho nitro benzene ring substituents is 1. The third-order valence-corrected chi connectivity index (χ3v) is 5.59. The maximum Gasteiger partial charge on any atom is 0.280 e. The molecule has 0 atom stereocenters. The lowest BCUT2D eigenvalue weighted by molar-refractivity contribution is -0.384. The van der Waals surface area contributed by atoms with E-state index in [2.05, 4.69) is 15.2 Å². The van der Waals surface area contributed by atoms with E-state index in [-0.39, 0.29) is 11.2 Å². The summed E-state index contributed by atoms with van der Waals surface area (Å²) in [7, 11) is 0. The smallest absolute Gasteiger partial charge is 0.280 e. The van der Waals surface area contributed by atoms with Gasteiger partial charge in [-0.1, -0.05) is 17.7 Å². The van der Waals surface area contributed by atoms with Crippen molar-refractivity contribution in [2.45, 2.75) is 34.6 Å². The summed E-state index contributed by atoms with van der Waals surface area (Å²) >= 11 is 0. The molecule has 0 saturated carbocycles. The number of hydrogen-bond donors (Lipinski definition) is 1. The van der Waals surface area contributed by atoms with Crippen LogP contribution >= 0.6 is 0 Å². The van der Waals surface area contributed by atoms with Gasteiger partial charge >= 0.3 is 0 Å². The number of H-pyrrole nitrogens is 1. The van der Waals surface area contributed by atoms with E-state index in [4.69, 9.17) is 0 Å². The van der Waals surface area contributed by atoms with Gasteiger partial charge in [-0.15, -0.1) is 0 Å². The lowest BCUT2D eigenvalue weighted by atomic mass is 10.1. The van der Waals surface area contributed by atoms with Gasteiger partial charge in [0.2, 0.25) is 0 Å². The van der Waals surface area contributed by atoms with Gasteiger partial charge < -0.3 is 0 Å². The summed E-state index contributed by atoms with van der Waals surface area (Å²) in [4.78, 5) is 28.1. The second-order valence-corrected chi connectivity index (χ2v) is 8.04. The van der Waals surface area contributed by atoms with Crippen molar-refractivity contribution in [2.24, 2.45) is 4.99 Å². The fourth-order valence-corrected chi connectivity index (χ4v) is 3.85. The van der Waals surface area contributed by atoms with Crippen LogP contribution in [0, 0.1) is 44.7 Å². The molecule has 0 aliphatic heterocycles. The Kier molecular flexibility index (Phi) is 5.55. The Bertz CT molecular complexity index is 1450. The molecule has 0 bridgehead atoms. The summed E-state index contributed by atoms with van der Waals surface area (Å²) in [5.74, 6) is 0. The summed E-state index contributed by atoms with van der Waals surface area (Å²) in [5.41, 5.74) is 6.73. The van der Waals surface area contributed by atoms with Crippen molar-refractivity contribution in [1.29, 1.82) is 0 Å². The van der Waals surface area contributed by atoms with Crippen molar-refractivity contribution < 1.29 is 4.92 Å². The molecule has 4 aromatic rings. The largest absolute Gasteiger partial charge is 0.295 e. The summed E-state index contributed by atoms with van der Waals surface area (Å²) in [5, 5.41) is 18.6. The number of rotatable bonds is 5. The van der Waals surface area contributed by atoms with E-state index in [9.17, 15) is 14.9 Å². The van der Waals surface area contributed by atoms with E-state index in [0.29, 0.717) is 28.3 Å². The maximum atomic E-state index is 13.1. The average molecular weight is 444 g/mol. The Morgan fingerprint density at radius 1 is 1.06 bits per heavy atom. The number of nitro groups is 1. The van der Waals surface area contributed by atoms with E-state index in [1.165, 1.54) is 16.8 Å². The molecule has 0 fully saturated rings. The molecule has 4 rings (SSSR count). The monoisotopic (exact) mass is 444 g/mol. The first-order valence-electron chi connectivity index (χ1n) is 10.4.